The van der Waals surface area contributed by atoms with E-state index in [1.54, 1.807) is 30.3 Å². The molecule has 0 amide bonds. The van der Waals surface area contributed by atoms with Crippen LogP contribution in [0.5, 0.6) is 5.75 Å². The van der Waals surface area contributed by atoms with Gasteiger partial charge < -0.3 is 19.7 Å². The summed E-state index contributed by atoms with van der Waals surface area (Å²) in [6.45, 7) is 0. The molecule has 2 aromatic carbocycles. The van der Waals surface area contributed by atoms with Gasteiger partial charge in [0.05, 0.1) is 23.6 Å². The normalized spacial score (nSPS) is 29.3. The predicted molar refractivity (Wildman–Crippen MR) is 118 cm³/mol. The number of hydrogen-bond acceptors (Lipinski definition) is 6. The molecule has 2 aliphatic rings. The van der Waals surface area contributed by atoms with Crippen molar-refractivity contribution < 1.29 is 37.7 Å². The summed E-state index contributed by atoms with van der Waals surface area (Å²) in [6.07, 6.45) is -5.12. The zero-order chi connectivity index (χ0) is 25.2. The van der Waals surface area contributed by atoms with Crippen LogP contribution in [0.15, 0.2) is 66.9 Å². The van der Waals surface area contributed by atoms with Gasteiger partial charge in [-0.3, -0.25) is 9.78 Å². The van der Waals surface area contributed by atoms with Gasteiger partial charge in [-0.05, 0) is 23.3 Å². The minimum atomic E-state index is -4.59. The van der Waals surface area contributed by atoms with Gasteiger partial charge in [-0.25, -0.2) is 0 Å². The van der Waals surface area contributed by atoms with Crippen LogP contribution < -0.4 is 4.74 Å². The molecule has 0 bridgehead atoms. The lowest BCUT2D eigenvalue weighted by atomic mass is 9.71. The molecule has 1 aromatic heterocycles. The van der Waals surface area contributed by atoms with E-state index in [0.29, 0.717) is 5.56 Å². The number of methoxy groups -OCH3 is 1. The molecule has 182 valence electrons. The lowest BCUT2D eigenvalue weighted by molar-refractivity contribution is -0.162. The van der Waals surface area contributed by atoms with E-state index in [1.165, 1.54) is 24.4 Å². The molecule has 1 fully saturated rings. The number of ether oxygens (including phenoxy) is 2. The van der Waals surface area contributed by atoms with E-state index >= 15 is 0 Å². The molecular weight excluding hydrogens is 487 g/mol. The van der Waals surface area contributed by atoms with E-state index in [4.69, 9.17) is 21.1 Å². The van der Waals surface area contributed by atoms with Gasteiger partial charge in [-0.2, -0.15) is 13.2 Å². The van der Waals surface area contributed by atoms with Crippen LogP contribution in [0, 0.1) is 5.92 Å². The van der Waals surface area contributed by atoms with Crippen molar-refractivity contribution in [3.05, 3.63) is 94.3 Å². The van der Waals surface area contributed by atoms with Crippen LogP contribution in [0.4, 0.5) is 13.2 Å². The SMILES string of the molecule is COC(=O)[C@H]1[C@@H](O)[C@@]2(O)c3ncc(Cl)cc3O[C@@]2(c2ccc(C(F)(F)F)cc2)[C@@H]1c1ccccc1. The van der Waals surface area contributed by atoms with Crippen molar-refractivity contribution in [1.82, 2.24) is 4.98 Å². The number of carbonyl (C=O) groups is 1. The van der Waals surface area contributed by atoms with Crippen LogP contribution in [0.25, 0.3) is 0 Å². The summed E-state index contributed by atoms with van der Waals surface area (Å²) >= 11 is 6.09. The van der Waals surface area contributed by atoms with Gasteiger partial charge in [0.15, 0.2) is 11.2 Å². The second-order valence-corrected chi connectivity index (χ2v) is 9.00. The lowest BCUT2D eigenvalue weighted by Crippen LogP contribution is -2.52. The second kappa shape index (κ2) is 7.94. The number of aliphatic hydroxyl groups is 2. The Hall–Kier alpha value is -3.14. The fourth-order valence-electron chi connectivity index (χ4n) is 5.44. The van der Waals surface area contributed by atoms with Crippen molar-refractivity contribution in [1.29, 1.82) is 0 Å². The van der Waals surface area contributed by atoms with Crippen molar-refractivity contribution in [2.75, 3.05) is 7.11 Å². The Morgan fingerprint density at radius 1 is 1.14 bits per heavy atom. The minimum absolute atomic E-state index is 0.0446. The first-order chi connectivity index (χ1) is 16.6. The van der Waals surface area contributed by atoms with Crippen LogP contribution in [0.1, 0.15) is 28.3 Å². The van der Waals surface area contributed by atoms with Crippen LogP contribution in [0.2, 0.25) is 5.02 Å². The van der Waals surface area contributed by atoms with Gasteiger partial charge in [-0.15, -0.1) is 0 Å². The number of hydrogen-bond donors (Lipinski definition) is 2. The van der Waals surface area contributed by atoms with Crippen LogP contribution in [-0.4, -0.2) is 34.4 Å². The van der Waals surface area contributed by atoms with E-state index in [-0.39, 0.29) is 22.0 Å². The number of nitrogens with zero attached hydrogens (tertiary/aromatic N) is 1. The number of halogens is 4. The lowest BCUT2D eigenvalue weighted by Gasteiger charge is -2.40. The maximum Gasteiger partial charge on any atom is 0.416 e. The number of benzene rings is 2. The highest BCUT2D eigenvalue weighted by Gasteiger charge is 2.78. The van der Waals surface area contributed by atoms with E-state index in [9.17, 15) is 28.2 Å². The molecular formula is C25H19ClF3NO5. The first kappa shape index (κ1) is 23.6. The maximum atomic E-state index is 13.3. The molecule has 0 spiro atoms. The van der Waals surface area contributed by atoms with E-state index < -0.39 is 46.9 Å². The largest absolute Gasteiger partial charge is 0.476 e. The zero-order valence-corrected chi connectivity index (χ0v) is 18.9. The van der Waals surface area contributed by atoms with Gasteiger partial charge in [0, 0.05) is 18.2 Å². The van der Waals surface area contributed by atoms with E-state index in [1.807, 2.05) is 0 Å². The Morgan fingerprint density at radius 3 is 2.40 bits per heavy atom. The van der Waals surface area contributed by atoms with Gasteiger partial charge >= 0.3 is 12.1 Å². The highest BCUT2D eigenvalue weighted by molar-refractivity contribution is 6.30. The maximum absolute atomic E-state index is 13.3. The number of rotatable bonds is 3. The molecule has 2 heterocycles. The van der Waals surface area contributed by atoms with Crippen molar-refractivity contribution in [3.8, 4) is 5.75 Å². The van der Waals surface area contributed by atoms with Crippen LogP contribution >= 0.6 is 11.6 Å². The minimum Gasteiger partial charge on any atom is -0.476 e. The van der Waals surface area contributed by atoms with Gasteiger partial charge in [0.25, 0.3) is 0 Å². The quantitative estimate of drug-likeness (QED) is 0.519. The van der Waals surface area contributed by atoms with Gasteiger partial charge in [-0.1, -0.05) is 54.1 Å². The summed E-state index contributed by atoms with van der Waals surface area (Å²) < 4.78 is 51.2. The molecule has 1 aliphatic heterocycles. The molecule has 2 N–H and O–H groups in total. The highest BCUT2D eigenvalue weighted by Crippen LogP contribution is 2.68. The average molecular weight is 506 g/mol. The first-order valence-corrected chi connectivity index (χ1v) is 11.0. The molecule has 6 nitrogen and oxygen atoms in total. The number of aromatic nitrogens is 1. The third kappa shape index (κ3) is 3.18. The molecule has 0 unspecified atom stereocenters. The topological polar surface area (TPSA) is 88.9 Å². The Bertz CT molecular complexity index is 1290. The van der Waals surface area contributed by atoms with Crippen LogP contribution in [-0.2, 0) is 26.9 Å². The molecule has 5 atom stereocenters. The Labute approximate surface area is 202 Å². The number of aliphatic hydroxyl groups excluding tert-OH is 1. The van der Waals surface area contributed by atoms with Crippen LogP contribution in [0.3, 0.4) is 0 Å². The number of pyridine rings is 1. The molecule has 1 saturated carbocycles. The summed E-state index contributed by atoms with van der Waals surface area (Å²) in [7, 11) is 1.15. The van der Waals surface area contributed by atoms with Gasteiger partial charge in [0.1, 0.15) is 17.5 Å². The number of alkyl halides is 3. The number of esters is 1. The summed E-state index contributed by atoms with van der Waals surface area (Å²) in [5.41, 5.74) is -4.64. The summed E-state index contributed by atoms with van der Waals surface area (Å²) in [5, 5.41) is 23.9. The van der Waals surface area contributed by atoms with Crippen molar-refractivity contribution in [3.63, 3.8) is 0 Å². The highest BCUT2D eigenvalue weighted by atomic mass is 35.5. The molecule has 0 radical (unpaired) electrons. The molecule has 0 saturated heterocycles. The number of carbonyl (C=O) groups excluding carboxylic acids is 1. The Kier molecular flexibility index (Phi) is 5.35. The van der Waals surface area contributed by atoms with Crippen molar-refractivity contribution >= 4 is 17.6 Å². The monoisotopic (exact) mass is 505 g/mol. The first-order valence-electron chi connectivity index (χ1n) is 10.6. The van der Waals surface area contributed by atoms with E-state index in [0.717, 1.165) is 19.2 Å². The molecule has 3 aromatic rings. The third-order valence-electron chi connectivity index (χ3n) is 6.86. The molecule has 5 rings (SSSR count). The molecule has 1 aliphatic carbocycles. The fraction of sp³-hybridized carbons (Fsp3) is 0.280. The molecule has 10 heteroatoms. The second-order valence-electron chi connectivity index (χ2n) is 8.56. The summed E-state index contributed by atoms with van der Waals surface area (Å²) in [4.78, 5) is 17.2. The van der Waals surface area contributed by atoms with E-state index in [2.05, 4.69) is 4.98 Å². The third-order valence-corrected chi connectivity index (χ3v) is 7.06. The fourth-order valence-corrected chi connectivity index (χ4v) is 5.58. The molecule has 35 heavy (non-hydrogen) atoms. The zero-order valence-electron chi connectivity index (χ0n) is 18.2. The van der Waals surface area contributed by atoms with Gasteiger partial charge in [0.2, 0.25) is 0 Å². The predicted octanol–water partition coefficient (Wildman–Crippen LogP) is 4.18. The average Bonchev–Trinajstić information content (AvgIpc) is 3.21. The summed E-state index contributed by atoms with van der Waals surface area (Å²) in [5.74, 6) is -3.18. The summed E-state index contributed by atoms with van der Waals surface area (Å²) in [6, 6.07) is 13.9. The Morgan fingerprint density at radius 2 is 1.80 bits per heavy atom. The smallest absolute Gasteiger partial charge is 0.416 e. The van der Waals surface area contributed by atoms with Crippen molar-refractivity contribution in [2.24, 2.45) is 5.92 Å². The Balaban J connectivity index is 1.83. The number of fused-ring (bicyclic) bond motifs is 3. The standard InChI is InChI=1S/C25H19ClF3NO5/c1-34-22(32)18-19(13-5-3-2-4-6-13)24(14-7-9-15(10-8-14)25(27,28)29)23(33,21(18)31)20-17(35-24)11-16(26)12-30-20/h2-12,18-19,21,31,33H,1H3/t18-,19-,21-,23+,24+/m1/s1. The van der Waals surface area contributed by atoms with Crippen molar-refractivity contribution in [2.45, 2.75) is 29.4 Å².